The van der Waals surface area contributed by atoms with Crippen LogP contribution in [0.1, 0.15) is 28.9 Å². The van der Waals surface area contributed by atoms with Crippen LogP contribution in [0, 0.1) is 5.41 Å². The monoisotopic (exact) mass is 431 g/mol. The smallest absolute Gasteiger partial charge is 0.338 e. The number of hydrogen-bond acceptors (Lipinski definition) is 5. The summed E-state index contributed by atoms with van der Waals surface area (Å²) in [5, 5.41) is 13.5. The first-order chi connectivity index (χ1) is 15.5. The highest BCUT2D eigenvalue weighted by Gasteiger charge is 2.44. The maximum atomic E-state index is 13.0. The summed E-state index contributed by atoms with van der Waals surface area (Å²) in [7, 11) is 0. The number of pyridine rings is 1. The summed E-state index contributed by atoms with van der Waals surface area (Å²) in [5.41, 5.74) is 2.11. The normalized spacial score (nSPS) is 21.4. The number of ketones is 1. The third-order valence-electron chi connectivity index (χ3n) is 6.87. The Hall–Kier alpha value is -3.29. The van der Waals surface area contributed by atoms with Crippen molar-refractivity contribution in [3.63, 3.8) is 0 Å². The quantitative estimate of drug-likeness (QED) is 0.659. The minimum atomic E-state index is -1.08. The van der Waals surface area contributed by atoms with Crippen molar-refractivity contribution in [2.75, 3.05) is 26.2 Å². The lowest BCUT2D eigenvalue weighted by Gasteiger charge is -2.38. The zero-order valence-corrected chi connectivity index (χ0v) is 17.7. The van der Waals surface area contributed by atoms with Crippen LogP contribution in [-0.2, 0) is 11.3 Å². The van der Waals surface area contributed by atoms with Crippen molar-refractivity contribution in [1.82, 2.24) is 14.8 Å². The topological polar surface area (TPSA) is 91.6 Å². The fraction of sp³-hybridized carbons (Fsp3) is 0.320. The number of rotatable bonds is 4. The summed E-state index contributed by atoms with van der Waals surface area (Å²) in [6, 6.07) is 14.0. The first-order valence-corrected chi connectivity index (χ1v) is 10.9. The number of Topliss-reactive ketones (excluding diaryl/α,β-unsaturated/α-hetero) is 1. The molecule has 1 unspecified atom stereocenters. The molecule has 7 heteroatoms. The number of carboxylic acids is 1. The molecule has 5 rings (SSSR count). The molecule has 1 atom stereocenters. The molecule has 7 nitrogen and oxygen atoms in total. The van der Waals surface area contributed by atoms with Crippen LogP contribution in [0.2, 0.25) is 0 Å². The number of fused-ring (bicyclic) bond motifs is 1. The Kier molecular flexibility index (Phi) is 5.15. The maximum Gasteiger partial charge on any atom is 0.338 e. The second kappa shape index (κ2) is 8.00. The number of aromatic nitrogens is 1. The standard InChI is InChI=1S/C25H25N3O4/c29-19-7-6-17-13-28(18-4-2-1-3-5-18)21(23(24(31)32)20(17)12-19)14-27-11-9-25(22(30)15-27)8-10-26-16-25/h1-7,12-13,26H,8-11,14-16H2,(H,31,32). The molecule has 0 saturated carbocycles. The first kappa shape index (κ1) is 20.6. The average molecular weight is 431 g/mol. The molecule has 1 aliphatic carbocycles. The minimum Gasteiger partial charge on any atom is -0.478 e. The van der Waals surface area contributed by atoms with Gasteiger partial charge in [-0.2, -0.15) is 0 Å². The molecule has 0 aromatic heterocycles. The highest BCUT2D eigenvalue weighted by Crippen LogP contribution is 2.36. The summed E-state index contributed by atoms with van der Waals surface area (Å²) >= 11 is 0. The largest absolute Gasteiger partial charge is 0.478 e. The van der Waals surface area contributed by atoms with Gasteiger partial charge in [0.25, 0.3) is 0 Å². The molecule has 2 saturated heterocycles. The third kappa shape index (κ3) is 3.53. The van der Waals surface area contributed by atoms with Crippen molar-refractivity contribution < 1.29 is 14.7 Å². The number of carbonyl (C=O) groups is 2. The van der Waals surface area contributed by atoms with Crippen LogP contribution in [0.4, 0.5) is 0 Å². The van der Waals surface area contributed by atoms with E-state index in [4.69, 9.17) is 0 Å². The van der Waals surface area contributed by atoms with Crippen molar-refractivity contribution >= 4 is 11.8 Å². The molecule has 3 heterocycles. The summed E-state index contributed by atoms with van der Waals surface area (Å²) in [6.45, 7) is 2.93. The van der Waals surface area contributed by atoms with Crippen molar-refractivity contribution in [3.05, 3.63) is 76.2 Å². The number of para-hydroxylation sites is 1. The number of likely N-dealkylation sites (tertiary alicyclic amines) is 1. The molecule has 2 fully saturated rings. The van der Waals surface area contributed by atoms with Gasteiger partial charge in [-0.25, -0.2) is 4.79 Å². The van der Waals surface area contributed by atoms with Crippen LogP contribution in [0.15, 0.2) is 59.5 Å². The summed E-state index contributed by atoms with van der Waals surface area (Å²) in [4.78, 5) is 39.5. The van der Waals surface area contributed by atoms with Gasteiger partial charge in [-0.15, -0.1) is 0 Å². The fourth-order valence-electron chi connectivity index (χ4n) is 5.07. The van der Waals surface area contributed by atoms with E-state index in [1.165, 1.54) is 12.1 Å². The molecule has 0 amide bonds. The lowest BCUT2D eigenvalue weighted by molar-refractivity contribution is -0.133. The van der Waals surface area contributed by atoms with Crippen LogP contribution >= 0.6 is 0 Å². The van der Waals surface area contributed by atoms with E-state index in [1.54, 1.807) is 6.07 Å². The predicted molar refractivity (Wildman–Crippen MR) is 120 cm³/mol. The van der Waals surface area contributed by atoms with Gasteiger partial charge in [-0.3, -0.25) is 14.5 Å². The van der Waals surface area contributed by atoms with E-state index in [-0.39, 0.29) is 22.2 Å². The van der Waals surface area contributed by atoms with Gasteiger partial charge >= 0.3 is 5.97 Å². The summed E-state index contributed by atoms with van der Waals surface area (Å²) in [5.74, 6) is -0.861. The number of carbonyl (C=O) groups excluding carboxylic acids is 1. The van der Waals surface area contributed by atoms with Gasteiger partial charge in [0, 0.05) is 42.5 Å². The second-order valence-electron chi connectivity index (χ2n) is 8.80. The lowest BCUT2D eigenvalue weighted by Crippen LogP contribution is -2.49. The molecular formula is C25H25N3O4. The van der Waals surface area contributed by atoms with E-state index in [1.807, 2.05) is 46.0 Å². The summed E-state index contributed by atoms with van der Waals surface area (Å²) < 4.78 is 1.88. The van der Waals surface area contributed by atoms with Crippen LogP contribution in [0.3, 0.4) is 0 Å². The maximum absolute atomic E-state index is 13.0. The fourth-order valence-corrected chi connectivity index (χ4v) is 5.07. The number of nitrogens with zero attached hydrogens (tertiary/aromatic N) is 2. The molecule has 2 N–H and O–H groups in total. The molecule has 0 bridgehead atoms. The highest BCUT2D eigenvalue weighted by atomic mass is 16.4. The number of piperidine rings is 1. The van der Waals surface area contributed by atoms with E-state index < -0.39 is 5.97 Å². The molecular weight excluding hydrogens is 406 g/mol. The van der Waals surface area contributed by atoms with Crippen LogP contribution in [0.5, 0.6) is 0 Å². The van der Waals surface area contributed by atoms with Crippen LogP contribution < -0.4 is 10.7 Å². The van der Waals surface area contributed by atoms with Crippen molar-refractivity contribution in [3.8, 4) is 16.8 Å². The number of aromatic carboxylic acids is 1. The first-order valence-electron chi connectivity index (χ1n) is 10.9. The van der Waals surface area contributed by atoms with Gasteiger partial charge in [-0.1, -0.05) is 18.2 Å². The molecule has 164 valence electrons. The van der Waals surface area contributed by atoms with Gasteiger partial charge < -0.3 is 15.0 Å². The molecule has 3 aliphatic heterocycles. The van der Waals surface area contributed by atoms with Gasteiger partial charge in [0.05, 0.1) is 17.8 Å². The molecule has 1 aromatic rings. The Morgan fingerprint density at radius 1 is 1.09 bits per heavy atom. The van der Waals surface area contributed by atoms with E-state index >= 15 is 0 Å². The van der Waals surface area contributed by atoms with E-state index in [0.717, 1.165) is 38.2 Å². The second-order valence-corrected chi connectivity index (χ2v) is 8.80. The number of nitrogens with one attached hydrogen (secondary N) is 1. The molecule has 4 aliphatic rings. The highest BCUT2D eigenvalue weighted by molar-refractivity contribution is 5.98. The lowest BCUT2D eigenvalue weighted by atomic mass is 9.76. The van der Waals surface area contributed by atoms with Gasteiger partial charge in [0.15, 0.2) is 11.2 Å². The molecule has 0 radical (unpaired) electrons. The summed E-state index contributed by atoms with van der Waals surface area (Å²) in [6.07, 6.45) is 3.51. The zero-order chi connectivity index (χ0) is 22.3. The predicted octanol–water partition coefficient (Wildman–Crippen LogP) is 2.40. The third-order valence-corrected chi connectivity index (χ3v) is 6.87. The Morgan fingerprint density at radius 2 is 1.91 bits per heavy atom. The molecule has 1 spiro atoms. The van der Waals surface area contributed by atoms with E-state index in [2.05, 4.69) is 5.32 Å². The molecule has 32 heavy (non-hydrogen) atoms. The Bertz CT molecular complexity index is 1210. The van der Waals surface area contributed by atoms with Gasteiger partial charge in [0.1, 0.15) is 0 Å². The molecule has 1 aromatic carbocycles. The Morgan fingerprint density at radius 3 is 2.59 bits per heavy atom. The van der Waals surface area contributed by atoms with Crippen molar-refractivity contribution in [2.45, 2.75) is 19.4 Å². The van der Waals surface area contributed by atoms with Gasteiger partial charge in [0.2, 0.25) is 0 Å². The van der Waals surface area contributed by atoms with Crippen LogP contribution in [0.25, 0.3) is 16.8 Å². The number of hydrogen-bond donors (Lipinski definition) is 2. The number of carboxylic acid groups (broad SMARTS) is 1. The number of benzene rings is 2. The Labute approximate surface area is 185 Å². The Balaban J connectivity index is 1.61. The SMILES string of the molecule is O=C(O)c1c2cc(=O)ccc-2cn(-c2ccccc2)c1CN1CCC2(CCNC2)C(=O)C1. The minimum absolute atomic E-state index is 0.110. The van der Waals surface area contributed by atoms with Gasteiger partial charge in [-0.05, 0) is 55.3 Å². The zero-order valence-electron chi connectivity index (χ0n) is 17.7. The van der Waals surface area contributed by atoms with Crippen molar-refractivity contribution in [1.29, 1.82) is 0 Å². The van der Waals surface area contributed by atoms with Crippen LogP contribution in [-0.4, -0.2) is 52.5 Å². The average Bonchev–Trinajstić information content (AvgIpc) is 3.26. The van der Waals surface area contributed by atoms with Crippen molar-refractivity contribution in [2.24, 2.45) is 5.41 Å². The van der Waals surface area contributed by atoms with E-state index in [0.29, 0.717) is 29.9 Å². The van der Waals surface area contributed by atoms with E-state index in [9.17, 15) is 19.5 Å².